The van der Waals surface area contributed by atoms with Crippen molar-refractivity contribution in [3.63, 3.8) is 0 Å². The van der Waals surface area contributed by atoms with Crippen LogP contribution < -0.4 is 0 Å². The first-order valence-electron chi connectivity index (χ1n) is 6.29. The number of carboxylic acid groups (broad SMARTS) is 1. The average Bonchev–Trinajstić information content (AvgIpc) is 2.68. The van der Waals surface area contributed by atoms with Crippen LogP contribution in [0, 0.1) is 6.92 Å². The van der Waals surface area contributed by atoms with E-state index >= 15 is 0 Å². The maximum atomic E-state index is 11.2. The van der Waals surface area contributed by atoms with E-state index in [4.69, 9.17) is 28.3 Å². The molecule has 20 heavy (non-hydrogen) atoms. The zero-order valence-electron chi connectivity index (χ0n) is 10.8. The quantitative estimate of drug-likeness (QED) is 0.857. The van der Waals surface area contributed by atoms with Crippen molar-refractivity contribution in [1.82, 2.24) is 0 Å². The van der Waals surface area contributed by atoms with E-state index in [0.29, 0.717) is 10.0 Å². The molecule has 0 spiro atoms. The Hall–Kier alpha value is -1.51. The maximum Gasteiger partial charge on any atom is 0.304 e. The Morgan fingerprint density at radius 1 is 1.20 bits per heavy atom. The first-order chi connectivity index (χ1) is 9.49. The first kappa shape index (κ1) is 13.5. The molecular formula is C16H12Cl2O2. The molecule has 4 heteroatoms. The molecule has 0 radical (unpaired) electrons. The van der Waals surface area contributed by atoms with E-state index in [1.807, 2.05) is 31.2 Å². The molecule has 0 heterocycles. The Morgan fingerprint density at radius 3 is 2.65 bits per heavy atom. The number of aryl methyl sites for hydroxylation is 1. The third kappa shape index (κ3) is 2.00. The second-order valence-corrected chi connectivity index (χ2v) is 5.85. The predicted molar refractivity (Wildman–Crippen MR) is 80.7 cm³/mol. The summed E-state index contributed by atoms with van der Waals surface area (Å²) < 4.78 is 0. The van der Waals surface area contributed by atoms with Crippen LogP contribution in [0.2, 0.25) is 10.0 Å². The predicted octanol–water partition coefficient (Wildman–Crippen LogP) is 4.89. The summed E-state index contributed by atoms with van der Waals surface area (Å²) in [6, 6.07) is 9.65. The number of rotatable bonds is 2. The summed E-state index contributed by atoms with van der Waals surface area (Å²) in [6.07, 6.45) is 0.0570. The van der Waals surface area contributed by atoms with Gasteiger partial charge in [0, 0.05) is 11.5 Å². The van der Waals surface area contributed by atoms with E-state index in [0.717, 1.165) is 27.8 Å². The Bertz CT molecular complexity index is 723. The van der Waals surface area contributed by atoms with Gasteiger partial charge in [-0.15, -0.1) is 0 Å². The van der Waals surface area contributed by atoms with Gasteiger partial charge in [-0.05, 0) is 29.7 Å². The molecule has 1 N–H and O–H groups in total. The molecule has 0 saturated heterocycles. The summed E-state index contributed by atoms with van der Waals surface area (Å²) in [6.45, 7) is 2.00. The highest BCUT2D eigenvalue weighted by Gasteiger charge is 2.32. The molecule has 0 aliphatic heterocycles. The van der Waals surface area contributed by atoms with Crippen LogP contribution in [0.15, 0.2) is 30.3 Å². The lowest BCUT2D eigenvalue weighted by Crippen LogP contribution is -2.05. The van der Waals surface area contributed by atoms with Crippen LogP contribution in [0.3, 0.4) is 0 Å². The van der Waals surface area contributed by atoms with Gasteiger partial charge in [-0.2, -0.15) is 0 Å². The molecule has 2 aromatic carbocycles. The highest BCUT2D eigenvalue weighted by atomic mass is 35.5. The first-order valence-corrected chi connectivity index (χ1v) is 7.05. The molecule has 0 fully saturated rings. The van der Waals surface area contributed by atoms with Crippen molar-refractivity contribution < 1.29 is 9.90 Å². The average molecular weight is 307 g/mol. The zero-order chi connectivity index (χ0) is 14.4. The highest BCUT2D eigenvalue weighted by Crippen LogP contribution is 2.51. The Kier molecular flexibility index (Phi) is 3.23. The Morgan fingerprint density at radius 2 is 1.95 bits per heavy atom. The largest absolute Gasteiger partial charge is 0.481 e. The normalized spacial score (nSPS) is 15.8. The number of benzene rings is 2. The van der Waals surface area contributed by atoms with Gasteiger partial charge in [-0.25, -0.2) is 0 Å². The van der Waals surface area contributed by atoms with E-state index < -0.39 is 5.97 Å². The van der Waals surface area contributed by atoms with Gasteiger partial charge in [-0.1, -0.05) is 53.0 Å². The second-order valence-electron chi connectivity index (χ2n) is 5.07. The monoisotopic (exact) mass is 306 g/mol. The highest BCUT2D eigenvalue weighted by molar-refractivity contribution is 6.44. The number of hydrogen-bond acceptors (Lipinski definition) is 1. The smallest absolute Gasteiger partial charge is 0.304 e. The van der Waals surface area contributed by atoms with Gasteiger partial charge in [0.05, 0.1) is 16.5 Å². The summed E-state index contributed by atoms with van der Waals surface area (Å²) in [4.78, 5) is 11.2. The molecule has 0 amide bonds. The van der Waals surface area contributed by atoms with Gasteiger partial charge in [0.25, 0.3) is 0 Å². The minimum absolute atomic E-state index is 0.0570. The summed E-state index contributed by atoms with van der Waals surface area (Å²) in [5.41, 5.74) is 4.94. The van der Waals surface area contributed by atoms with Crippen molar-refractivity contribution in [3.8, 4) is 11.1 Å². The lowest BCUT2D eigenvalue weighted by Gasteiger charge is -2.11. The number of carboxylic acids is 1. The SMILES string of the molecule is Cc1ccc2c(c1)C(CC(=O)O)c1ccc(Cl)c(Cl)c1-2. The molecule has 0 bridgehead atoms. The van der Waals surface area contributed by atoms with Crippen LogP contribution in [-0.4, -0.2) is 11.1 Å². The van der Waals surface area contributed by atoms with Crippen molar-refractivity contribution >= 4 is 29.2 Å². The standard InChI is InChI=1S/C16H12Cl2O2/c1-8-2-3-9-11(6-8)12(7-14(19)20)10-4-5-13(17)16(18)15(9)10/h2-6,12H,7H2,1H3,(H,19,20). The molecule has 2 aromatic rings. The second kappa shape index (κ2) is 4.80. The van der Waals surface area contributed by atoms with Gasteiger partial charge in [0.1, 0.15) is 0 Å². The van der Waals surface area contributed by atoms with Crippen LogP contribution in [0.4, 0.5) is 0 Å². The van der Waals surface area contributed by atoms with Gasteiger partial charge in [0.15, 0.2) is 0 Å². The van der Waals surface area contributed by atoms with Crippen molar-refractivity contribution in [3.05, 3.63) is 57.1 Å². The van der Waals surface area contributed by atoms with Crippen molar-refractivity contribution in [2.75, 3.05) is 0 Å². The van der Waals surface area contributed by atoms with Gasteiger partial charge >= 0.3 is 5.97 Å². The molecule has 1 aliphatic carbocycles. The van der Waals surface area contributed by atoms with E-state index in [9.17, 15) is 4.79 Å². The van der Waals surface area contributed by atoms with E-state index in [-0.39, 0.29) is 12.3 Å². The van der Waals surface area contributed by atoms with Gasteiger partial charge in [-0.3, -0.25) is 4.79 Å². The number of fused-ring (bicyclic) bond motifs is 3. The molecule has 1 unspecified atom stereocenters. The van der Waals surface area contributed by atoms with Gasteiger partial charge in [0.2, 0.25) is 0 Å². The molecule has 2 nitrogen and oxygen atoms in total. The fourth-order valence-corrected chi connectivity index (χ4v) is 3.32. The molecule has 1 atom stereocenters. The Balaban J connectivity index is 2.29. The maximum absolute atomic E-state index is 11.2. The third-order valence-electron chi connectivity index (χ3n) is 3.73. The summed E-state index contributed by atoms with van der Waals surface area (Å²) >= 11 is 12.4. The Labute approximate surface area is 127 Å². The lowest BCUT2D eigenvalue weighted by molar-refractivity contribution is -0.137. The van der Waals surface area contributed by atoms with Crippen LogP contribution in [-0.2, 0) is 4.79 Å². The number of hydrogen-bond donors (Lipinski definition) is 1. The van der Waals surface area contributed by atoms with Crippen molar-refractivity contribution in [1.29, 1.82) is 0 Å². The fraction of sp³-hybridized carbons (Fsp3) is 0.188. The molecule has 102 valence electrons. The van der Waals surface area contributed by atoms with Crippen molar-refractivity contribution in [2.24, 2.45) is 0 Å². The fourth-order valence-electron chi connectivity index (χ4n) is 2.89. The molecule has 1 aliphatic rings. The molecular weight excluding hydrogens is 295 g/mol. The molecule has 3 rings (SSSR count). The topological polar surface area (TPSA) is 37.3 Å². The van der Waals surface area contributed by atoms with Crippen LogP contribution in [0.5, 0.6) is 0 Å². The number of carbonyl (C=O) groups is 1. The van der Waals surface area contributed by atoms with E-state index in [2.05, 4.69) is 0 Å². The molecule has 0 aromatic heterocycles. The third-order valence-corrected chi connectivity index (χ3v) is 4.54. The van der Waals surface area contributed by atoms with E-state index in [1.165, 1.54) is 0 Å². The minimum atomic E-state index is -0.818. The number of aliphatic carboxylic acids is 1. The molecule has 0 saturated carbocycles. The summed E-state index contributed by atoms with van der Waals surface area (Å²) in [5, 5.41) is 10.2. The van der Waals surface area contributed by atoms with Crippen LogP contribution in [0.25, 0.3) is 11.1 Å². The summed E-state index contributed by atoms with van der Waals surface area (Å²) in [7, 11) is 0. The zero-order valence-corrected chi connectivity index (χ0v) is 12.3. The van der Waals surface area contributed by atoms with Crippen molar-refractivity contribution in [2.45, 2.75) is 19.3 Å². The van der Waals surface area contributed by atoms with Gasteiger partial charge < -0.3 is 5.11 Å². The summed E-state index contributed by atoms with van der Waals surface area (Å²) in [5.74, 6) is -0.978. The van der Waals surface area contributed by atoms with E-state index in [1.54, 1.807) is 6.07 Å². The number of halogens is 2. The lowest BCUT2D eigenvalue weighted by atomic mass is 9.93. The van der Waals surface area contributed by atoms with Crippen LogP contribution in [0.1, 0.15) is 29.0 Å². The minimum Gasteiger partial charge on any atom is -0.481 e. The van der Waals surface area contributed by atoms with Crippen LogP contribution >= 0.6 is 23.2 Å².